The van der Waals surface area contributed by atoms with Crippen molar-refractivity contribution < 1.29 is 109 Å². The lowest BCUT2D eigenvalue weighted by Gasteiger charge is -2.57. The van der Waals surface area contributed by atoms with Gasteiger partial charge in [0, 0.05) is 18.4 Å². The average Bonchev–Trinajstić information content (AvgIpc) is 3.64. The summed E-state index contributed by atoms with van der Waals surface area (Å²) in [4.78, 5) is 27.9. The standard InChI is InChI=1S/C51H80O22/c1-20(19-66-46-40(62)39(61)36(58)31(17-52)70-46)7-10-29(54)21(2)33-30(55)16-28-26-9-8-24-15-25(11-13-50(24,5)27(26)12-14-51(28,33)6)69-49-45(73-48-42(64)38(60)35(57)23(4)68-48)43(65)44(32(18-53)71-49)72-47-41(63)37(59)34(56)22(3)67-47/h8,20,22-23,25-28,31-32,34-49,52-53,56-65H,7,9-19H2,1-6H3/b33-21+/t20-,22+,23+,25+,26-,27+,28+,31-,32-,34+,35+,36-,37-,38-,39+,40-,41-,42-,43+,44-,45-,46-,47+,48+,49-,50+,51+/m1/s1. The molecule has 0 aromatic heterocycles. The van der Waals surface area contributed by atoms with E-state index < -0.39 is 148 Å². The van der Waals surface area contributed by atoms with Crippen LogP contribution in [0.3, 0.4) is 0 Å². The van der Waals surface area contributed by atoms with E-state index in [2.05, 4.69) is 19.9 Å². The van der Waals surface area contributed by atoms with Crippen molar-refractivity contribution in [3.8, 4) is 0 Å². The molecule has 4 heterocycles. The molecule has 4 saturated heterocycles. The van der Waals surface area contributed by atoms with E-state index in [-0.39, 0.29) is 53.7 Å². The van der Waals surface area contributed by atoms with Crippen LogP contribution in [0.4, 0.5) is 0 Å². The molecule has 27 atom stereocenters. The van der Waals surface area contributed by atoms with Crippen molar-refractivity contribution in [2.75, 3.05) is 19.8 Å². The molecule has 73 heavy (non-hydrogen) atoms. The first-order valence-corrected chi connectivity index (χ1v) is 26.1. The fourth-order valence-electron chi connectivity index (χ4n) is 13.5. The summed E-state index contributed by atoms with van der Waals surface area (Å²) in [7, 11) is 0. The summed E-state index contributed by atoms with van der Waals surface area (Å²) in [6.07, 6.45) is -22.7. The van der Waals surface area contributed by atoms with Gasteiger partial charge in [0.05, 0.1) is 38.1 Å². The molecule has 8 aliphatic rings. The van der Waals surface area contributed by atoms with Crippen LogP contribution in [0.25, 0.3) is 0 Å². The minimum absolute atomic E-state index is 0.00464. The van der Waals surface area contributed by atoms with Gasteiger partial charge in [0.2, 0.25) is 0 Å². The van der Waals surface area contributed by atoms with Crippen molar-refractivity contribution >= 4 is 11.6 Å². The molecule has 3 saturated carbocycles. The quantitative estimate of drug-likeness (QED) is 0.0632. The third-order valence-electron chi connectivity index (χ3n) is 18.1. The van der Waals surface area contributed by atoms with E-state index >= 15 is 0 Å². The van der Waals surface area contributed by atoms with Crippen LogP contribution in [-0.2, 0) is 47.5 Å². The van der Waals surface area contributed by atoms with Crippen LogP contribution in [-0.4, -0.2) is 222 Å². The molecule has 0 aromatic rings. The molecular weight excluding hydrogens is 965 g/mol. The lowest BCUT2D eigenvalue weighted by molar-refractivity contribution is -0.388. The number of carbonyl (C=O) groups excluding carboxylic acids is 2. The molecule has 0 spiro atoms. The van der Waals surface area contributed by atoms with Gasteiger partial charge in [0.15, 0.2) is 36.7 Å². The zero-order chi connectivity index (χ0) is 53.2. The molecule has 416 valence electrons. The Balaban J connectivity index is 0.932. The molecule has 8 rings (SSSR count). The van der Waals surface area contributed by atoms with Crippen molar-refractivity contribution in [3.63, 3.8) is 0 Å². The van der Waals surface area contributed by atoms with Crippen molar-refractivity contribution in [2.24, 2.45) is 34.5 Å². The van der Waals surface area contributed by atoms with Gasteiger partial charge in [0.1, 0.15) is 85.5 Å². The molecule has 22 heteroatoms. The van der Waals surface area contributed by atoms with Gasteiger partial charge >= 0.3 is 0 Å². The van der Waals surface area contributed by atoms with Gasteiger partial charge in [-0.15, -0.1) is 0 Å². The number of carbonyl (C=O) groups is 2. The number of rotatable bonds is 15. The molecule has 0 aromatic carbocycles. The van der Waals surface area contributed by atoms with Crippen molar-refractivity contribution in [3.05, 3.63) is 22.8 Å². The smallest absolute Gasteiger partial charge is 0.187 e. The summed E-state index contributed by atoms with van der Waals surface area (Å²) < 4.78 is 47.6. The largest absolute Gasteiger partial charge is 0.394 e. The van der Waals surface area contributed by atoms with Crippen molar-refractivity contribution in [2.45, 2.75) is 228 Å². The Morgan fingerprint density at radius 3 is 1.84 bits per heavy atom. The van der Waals surface area contributed by atoms with E-state index in [4.69, 9.17) is 37.9 Å². The zero-order valence-corrected chi connectivity index (χ0v) is 42.4. The number of fused-ring (bicyclic) bond motifs is 5. The molecule has 0 amide bonds. The van der Waals surface area contributed by atoms with Gasteiger partial charge in [-0.25, -0.2) is 0 Å². The second-order valence-electron chi connectivity index (χ2n) is 22.7. The maximum absolute atomic E-state index is 14.1. The summed E-state index contributed by atoms with van der Waals surface area (Å²) in [6.45, 7) is 9.71. The summed E-state index contributed by atoms with van der Waals surface area (Å²) in [5, 5.41) is 126. The Kier molecular flexibility index (Phi) is 17.8. The third kappa shape index (κ3) is 10.8. The predicted octanol–water partition coefficient (Wildman–Crippen LogP) is -1.86. The first kappa shape index (κ1) is 57.2. The molecule has 0 bridgehead atoms. The second-order valence-corrected chi connectivity index (χ2v) is 22.7. The number of ether oxygens (including phenoxy) is 8. The van der Waals surface area contributed by atoms with Crippen molar-refractivity contribution in [1.29, 1.82) is 0 Å². The topological polar surface area (TPSA) is 351 Å². The fraction of sp³-hybridized carbons (Fsp3) is 0.882. The highest BCUT2D eigenvalue weighted by molar-refractivity contribution is 6.08. The Morgan fingerprint density at radius 2 is 1.22 bits per heavy atom. The molecule has 22 nitrogen and oxygen atoms in total. The Hall–Kier alpha value is -1.98. The van der Waals surface area contributed by atoms with E-state index in [0.717, 1.165) is 12.8 Å². The summed E-state index contributed by atoms with van der Waals surface area (Å²) in [5.41, 5.74) is 1.51. The minimum Gasteiger partial charge on any atom is -0.394 e. The lowest BCUT2D eigenvalue weighted by Crippen LogP contribution is -2.66. The number of hydrogen-bond acceptors (Lipinski definition) is 22. The molecule has 4 aliphatic carbocycles. The summed E-state index contributed by atoms with van der Waals surface area (Å²) in [5.74, 6) is 0.112. The average molecular weight is 1050 g/mol. The second kappa shape index (κ2) is 22.8. The predicted molar refractivity (Wildman–Crippen MR) is 249 cm³/mol. The lowest BCUT2D eigenvalue weighted by atomic mass is 9.47. The van der Waals surface area contributed by atoms with E-state index in [1.54, 1.807) is 6.92 Å². The third-order valence-corrected chi connectivity index (χ3v) is 18.1. The van der Waals surface area contributed by atoms with Gasteiger partial charge in [-0.05, 0) is 106 Å². The molecule has 0 radical (unpaired) electrons. The fourth-order valence-corrected chi connectivity index (χ4v) is 13.5. The highest BCUT2D eigenvalue weighted by Crippen LogP contribution is 2.66. The molecule has 12 N–H and O–H groups in total. The van der Waals surface area contributed by atoms with Crippen LogP contribution < -0.4 is 0 Å². The van der Waals surface area contributed by atoms with Gasteiger partial charge in [-0.3, -0.25) is 9.59 Å². The Bertz CT molecular complexity index is 2000. The number of allylic oxidation sites excluding steroid dienone is 3. The first-order valence-electron chi connectivity index (χ1n) is 26.1. The number of aliphatic hydroxyl groups excluding tert-OH is 12. The molecule has 0 unspecified atom stereocenters. The summed E-state index contributed by atoms with van der Waals surface area (Å²) >= 11 is 0. The number of aliphatic hydroxyl groups is 12. The molecule has 7 fully saturated rings. The van der Waals surface area contributed by atoms with Gasteiger partial charge < -0.3 is 99.2 Å². The van der Waals surface area contributed by atoms with Crippen LogP contribution in [0, 0.1) is 34.5 Å². The van der Waals surface area contributed by atoms with E-state index in [1.165, 1.54) is 19.4 Å². The molecule has 4 aliphatic heterocycles. The molecular formula is C51H80O22. The van der Waals surface area contributed by atoms with E-state index in [0.29, 0.717) is 49.7 Å². The maximum atomic E-state index is 14.1. The Labute approximate surface area is 424 Å². The number of ketones is 2. The van der Waals surface area contributed by atoms with Gasteiger partial charge in [0.25, 0.3) is 0 Å². The normalized spacial score (nSPS) is 50.3. The Morgan fingerprint density at radius 1 is 0.658 bits per heavy atom. The van der Waals surface area contributed by atoms with Crippen LogP contribution in [0.2, 0.25) is 0 Å². The SMILES string of the molecule is C/C(C(=O)CC[C@@H](C)CO[C@@H]1O[C@H](CO)[C@@H](O)[C@H](O)[C@H]1O)=C1/C(=O)C[C@H]2[C@@H]3CC=C4C[C@@H](O[C@@H]5O[C@H](CO)[C@@H](O[C@@H]6O[C@@H](C)[C@H](O)[C@@H](O)[C@H]6O)[C@H](O)[C@H]5O[C@@H]5O[C@@H](C)[C@H](O)[C@@H](O)[C@H]5O)CC[C@]4(C)[C@H]3CC[C@]12C. The monoisotopic (exact) mass is 1040 g/mol. The summed E-state index contributed by atoms with van der Waals surface area (Å²) in [6, 6.07) is 0. The van der Waals surface area contributed by atoms with Crippen LogP contribution in [0.1, 0.15) is 99.3 Å². The van der Waals surface area contributed by atoms with Gasteiger partial charge in [-0.1, -0.05) is 32.4 Å². The maximum Gasteiger partial charge on any atom is 0.187 e. The van der Waals surface area contributed by atoms with Crippen LogP contribution in [0.5, 0.6) is 0 Å². The zero-order valence-electron chi connectivity index (χ0n) is 42.4. The number of hydrogen-bond donors (Lipinski definition) is 12. The first-order chi connectivity index (χ1) is 34.4. The van der Waals surface area contributed by atoms with Crippen LogP contribution >= 0.6 is 0 Å². The van der Waals surface area contributed by atoms with Crippen LogP contribution in [0.15, 0.2) is 22.8 Å². The van der Waals surface area contributed by atoms with E-state index in [9.17, 15) is 70.9 Å². The number of Topliss-reactive ketones (excluding diaryl/α,β-unsaturated/α-hetero) is 2. The van der Waals surface area contributed by atoms with Crippen molar-refractivity contribution in [1.82, 2.24) is 0 Å². The van der Waals surface area contributed by atoms with Gasteiger partial charge in [-0.2, -0.15) is 0 Å². The minimum atomic E-state index is -1.77. The van der Waals surface area contributed by atoms with E-state index in [1.807, 2.05) is 6.92 Å². The highest BCUT2D eigenvalue weighted by Gasteiger charge is 2.61. The highest BCUT2D eigenvalue weighted by atomic mass is 16.8.